The van der Waals surface area contributed by atoms with Gasteiger partial charge in [-0.1, -0.05) is 0 Å². The van der Waals surface area contributed by atoms with Gasteiger partial charge in [0.15, 0.2) is 5.03 Å². The Balaban J connectivity index is 0.000000383. The van der Waals surface area contributed by atoms with E-state index in [1.54, 1.807) is 29.2 Å². The third-order valence-electron chi connectivity index (χ3n) is 5.47. The topological polar surface area (TPSA) is 142 Å². The van der Waals surface area contributed by atoms with Gasteiger partial charge in [0.25, 0.3) is 10.0 Å². The first-order valence-corrected chi connectivity index (χ1v) is 11.5. The zero-order valence-electron chi connectivity index (χ0n) is 19.4. The van der Waals surface area contributed by atoms with Crippen molar-refractivity contribution in [3.05, 3.63) is 12.5 Å². The third-order valence-corrected chi connectivity index (χ3v) is 7.14. The zero-order valence-corrected chi connectivity index (χ0v) is 20.2. The number of likely N-dealkylation sites (N-methyl/N-ethyl adjacent to an activating group) is 1. The van der Waals surface area contributed by atoms with Crippen molar-refractivity contribution in [1.29, 1.82) is 0 Å². The first kappa shape index (κ1) is 31.6. The molecule has 208 valence electrons. The number of nitrogens with zero attached hydrogens (tertiary/aromatic N) is 4. The molecule has 0 aliphatic carbocycles. The van der Waals surface area contributed by atoms with Crippen molar-refractivity contribution >= 4 is 22.0 Å². The lowest BCUT2D eigenvalue weighted by atomic mass is 9.77. The van der Waals surface area contributed by atoms with Gasteiger partial charge in [-0.15, -0.1) is 0 Å². The van der Waals surface area contributed by atoms with Gasteiger partial charge in [-0.05, 0) is 32.4 Å². The summed E-state index contributed by atoms with van der Waals surface area (Å²) in [4.78, 5) is 24.1. The second-order valence-corrected chi connectivity index (χ2v) is 10.1. The summed E-state index contributed by atoms with van der Waals surface area (Å²) >= 11 is 0. The van der Waals surface area contributed by atoms with Crippen LogP contribution in [0.3, 0.4) is 0 Å². The fraction of sp³-hybridized carbons (Fsp3) is 0.722. The van der Waals surface area contributed by atoms with Gasteiger partial charge in [0.05, 0.1) is 6.33 Å². The SMILES string of the molecule is COCC1CCN(C)C2(C1)CN(S(=O)(=O)c1cn(C)cn1)C2.O=C(O)C(F)(F)F.O=C(O)C(F)(F)F. The summed E-state index contributed by atoms with van der Waals surface area (Å²) in [5, 5.41) is 14.4. The Labute approximate surface area is 202 Å². The average Bonchev–Trinajstić information content (AvgIpc) is 3.14. The van der Waals surface area contributed by atoms with Crippen molar-refractivity contribution in [3.8, 4) is 0 Å². The molecule has 1 unspecified atom stereocenters. The van der Waals surface area contributed by atoms with Gasteiger partial charge < -0.3 is 19.5 Å². The van der Waals surface area contributed by atoms with Crippen LogP contribution in [0.2, 0.25) is 0 Å². The maximum atomic E-state index is 12.6. The lowest BCUT2D eigenvalue weighted by Gasteiger charge is -2.57. The number of aryl methyl sites for hydroxylation is 1. The predicted octanol–water partition coefficient (Wildman–Crippen LogP) is 1.42. The lowest BCUT2D eigenvalue weighted by Crippen LogP contribution is -2.72. The number of hydrogen-bond acceptors (Lipinski definition) is 7. The molecule has 0 bridgehead atoms. The molecule has 0 amide bonds. The number of alkyl halides is 6. The highest BCUT2D eigenvalue weighted by Crippen LogP contribution is 2.40. The first-order valence-electron chi connectivity index (χ1n) is 10.0. The second kappa shape index (κ2) is 11.7. The second-order valence-electron chi connectivity index (χ2n) is 8.22. The third kappa shape index (κ3) is 8.31. The molecule has 1 spiro atoms. The highest BCUT2D eigenvalue weighted by molar-refractivity contribution is 7.89. The highest BCUT2D eigenvalue weighted by atomic mass is 32.2. The van der Waals surface area contributed by atoms with Crippen molar-refractivity contribution in [2.24, 2.45) is 13.0 Å². The van der Waals surface area contributed by atoms with E-state index in [-0.39, 0.29) is 10.6 Å². The Hall–Kier alpha value is -2.44. The van der Waals surface area contributed by atoms with Crippen molar-refractivity contribution in [1.82, 2.24) is 18.8 Å². The summed E-state index contributed by atoms with van der Waals surface area (Å²) in [5.41, 5.74) is -0.0384. The monoisotopic (exact) mass is 556 g/mol. The van der Waals surface area contributed by atoms with Crippen LogP contribution >= 0.6 is 0 Å². The van der Waals surface area contributed by atoms with E-state index in [1.807, 2.05) is 0 Å². The van der Waals surface area contributed by atoms with Crippen LogP contribution in [0.25, 0.3) is 0 Å². The number of carboxylic acid groups (broad SMARTS) is 2. The summed E-state index contributed by atoms with van der Waals surface area (Å²) < 4.78 is 97.1. The van der Waals surface area contributed by atoms with E-state index in [1.165, 1.54) is 6.33 Å². The fourth-order valence-corrected chi connectivity index (χ4v) is 5.16. The number of likely N-dealkylation sites (tertiary alicyclic amines) is 1. The largest absolute Gasteiger partial charge is 0.490 e. The molecule has 1 atom stereocenters. The standard InChI is InChI=1S/C14H24N4O3S.2C2HF3O2/c1-16-7-13(15-11-16)22(19,20)18-9-14(10-18)6-12(8-21-3)4-5-17(14)2;2*3-2(4,5)1(6)7/h7,11-12H,4-6,8-10H2,1-3H3;2*(H,6,7). The van der Waals surface area contributed by atoms with Crippen molar-refractivity contribution in [2.75, 3.05) is 40.4 Å². The molecule has 2 saturated heterocycles. The minimum absolute atomic E-state index is 0.0384. The number of imidazole rings is 1. The number of hydrogen-bond donors (Lipinski definition) is 2. The molecule has 2 aliphatic rings. The Morgan fingerprint density at radius 3 is 1.94 bits per heavy atom. The van der Waals surface area contributed by atoms with Crippen LogP contribution in [0.5, 0.6) is 0 Å². The van der Waals surface area contributed by atoms with Crippen molar-refractivity contribution < 1.29 is 59.3 Å². The lowest BCUT2D eigenvalue weighted by molar-refractivity contribution is -0.193. The molecule has 18 heteroatoms. The average molecular weight is 556 g/mol. The van der Waals surface area contributed by atoms with E-state index >= 15 is 0 Å². The maximum absolute atomic E-state index is 12.6. The molecule has 36 heavy (non-hydrogen) atoms. The summed E-state index contributed by atoms with van der Waals surface area (Å²) in [6, 6.07) is 0. The number of aliphatic carboxylic acids is 2. The Bertz CT molecular complexity index is 982. The molecule has 0 radical (unpaired) electrons. The Kier molecular flexibility index (Phi) is 10.3. The minimum Gasteiger partial charge on any atom is -0.475 e. The number of aromatic nitrogens is 2. The number of rotatable bonds is 4. The van der Waals surface area contributed by atoms with Crippen LogP contribution in [-0.2, 0) is 31.4 Å². The molecule has 3 heterocycles. The molecule has 11 nitrogen and oxygen atoms in total. The van der Waals surface area contributed by atoms with Gasteiger partial charge in [-0.2, -0.15) is 30.6 Å². The van der Waals surface area contributed by atoms with E-state index in [2.05, 4.69) is 16.9 Å². The number of ether oxygens (including phenoxy) is 1. The molecule has 2 aliphatic heterocycles. The molecular weight excluding hydrogens is 530 g/mol. The number of sulfonamides is 1. The van der Waals surface area contributed by atoms with E-state index in [0.29, 0.717) is 19.0 Å². The zero-order chi connectivity index (χ0) is 28.1. The number of carboxylic acids is 2. The quantitative estimate of drug-likeness (QED) is 0.527. The van der Waals surface area contributed by atoms with E-state index < -0.39 is 34.3 Å². The van der Waals surface area contributed by atoms with Crippen LogP contribution in [0.4, 0.5) is 26.3 Å². The smallest absolute Gasteiger partial charge is 0.475 e. The number of piperidine rings is 1. The summed E-state index contributed by atoms with van der Waals surface area (Å²) in [6.07, 6.45) is -4.99. The highest BCUT2D eigenvalue weighted by Gasteiger charge is 2.53. The van der Waals surface area contributed by atoms with Crippen LogP contribution < -0.4 is 0 Å². The van der Waals surface area contributed by atoms with Crippen LogP contribution in [-0.4, -0.2) is 108 Å². The van der Waals surface area contributed by atoms with Crippen LogP contribution in [0.1, 0.15) is 12.8 Å². The fourth-order valence-electron chi connectivity index (χ4n) is 3.59. The van der Waals surface area contributed by atoms with Crippen molar-refractivity contribution in [2.45, 2.75) is 35.8 Å². The van der Waals surface area contributed by atoms with E-state index in [4.69, 9.17) is 24.5 Å². The predicted molar refractivity (Wildman–Crippen MR) is 109 cm³/mol. The minimum atomic E-state index is -5.08. The summed E-state index contributed by atoms with van der Waals surface area (Å²) in [7, 11) is 2.12. The molecule has 0 saturated carbocycles. The molecular formula is C18H26F6N4O7S. The van der Waals surface area contributed by atoms with Gasteiger partial charge >= 0.3 is 24.3 Å². The molecule has 1 aromatic rings. The molecule has 2 fully saturated rings. The van der Waals surface area contributed by atoms with E-state index in [9.17, 15) is 34.8 Å². The number of halogens is 6. The maximum Gasteiger partial charge on any atom is 0.490 e. The van der Waals surface area contributed by atoms with Gasteiger partial charge in [0, 0.05) is 45.6 Å². The Morgan fingerprint density at radius 2 is 1.58 bits per heavy atom. The number of methoxy groups -OCH3 is 1. The van der Waals surface area contributed by atoms with Crippen LogP contribution in [0.15, 0.2) is 17.6 Å². The summed E-state index contributed by atoms with van der Waals surface area (Å²) in [6.45, 7) is 2.83. The molecule has 2 N–H and O–H groups in total. The normalized spacial score (nSPS) is 20.4. The molecule has 3 rings (SSSR count). The van der Waals surface area contributed by atoms with Gasteiger partial charge in [0.1, 0.15) is 0 Å². The molecule has 0 aromatic carbocycles. The van der Waals surface area contributed by atoms with Crippen molar-refractivity contribution in [3.63, 3.8) is 0 Å². The number of carbonyl (C=O) groups is 2. The van der Waals surface area contributed by atoms with E-state index in [0.717, 1.165) is 26.0 Å². The Morgan fingerprint density at radius 1 is 1.11 bits per heavy atom. The first-order chi connectivity index (χ1) is 16.3. The van der Waals surface area contributed by atoms with Gasteiger partial charge in [-0.3, -0.25) is 4.90 Å². The summed E-state index contributed by atoms with van der Waals surface area (Å²) in [5.74, 6) is -5.00. The molecule has 1 aromatic heterocycles. The van der Waals surface area contributed by atoms with Gasteiger partial charge in [-0.25, -0.2) is 23.0 Å². The van der Waals surface area contributed by atoms with Crippen LogP contribution in [0, 0.1) is 5.92 Å². The van der Waals surface area contributed by atoms with Gasteiger partial charge in [0.2, 0.25) is 0 Å².